The van der Waals surface area contributed by atoms with Gasteiger partial charge in [0, 0.05) is 12.1 Å². The summed E-state index contributed by atoms with van der Waals surface area (Å²) in [6.07, 6.45) is 0. The number of methoxy groups -OCH3 is 1. The quantitative estimate of drug-likeness (QED) is 0.370. The maximum atomic E-state index is 13.0. The molecule has 30 heavy (non-hydrogen) atoms. The molecule has 1 unspecified atom stereocenters. The zero-order chi connectivity index (χ0) is 21.8. The molecule has 0 aliphatic carbocycles. The maximum Gasteiger partial charge on any atom is 0.262 e. The van der Waals surface area contributed by atoms with Crippen LogP contribution in [0, 0.1) is 0 Å². The number of aromatic nitrogens is 2. The van der Waals surface area contributed by atoms with Gasteiger partial charge in [-0.05, 0) is 37.3 Å². The molecule has 0 bridgehead atoms. The molecule has 0 spiro atoms. The topological polar surface area (TPSA) is 73.2 Å². The summed E-state index contributed by atoms with van der Waals surface area (Å²) >= 11 is 19.5. The van der Waals surface area contributed by atoms with Crippen LogP contribution in [0.15, 0.2) is 46.3 Å². The van der Waals surface area contributed by atoms with E-state index in [9.17, 15) is 9.59 Å². The standard InChI is InChI=1S/C20H18Cl3N3O3S/c1-11(18(27)25-17-14(22)4-3-5-15(17)23)30-20-24-16-10-12(21)6-7-13(16)19(28)26(20)8-9-29-2/h3-7,10-11H,8-9H2,1-2H3,(H,25,27). The van der Waals surface area contributed by atoms with Gasteiger partial charge in [0.1, 0.15) is 0 Å². The summed E-state index contributed by atoms with van der Waals surface area (Å²) in [5.74, 6) is -0.325. The monoisotopic (exact) mass is 485 g/mol. The normalized spacial score (nSPS) is 12.2. The molecule has 1 atom stereocenters. The number of hydrogen-bond donors (Lipinski definition) is 1. The second-order valence-electron chi connectivity index (χ2n) is 6.35. The van der Waals surface area contributed by atoms with Crippen molar-refractivity contribution in [1.82, 2.24) is 9.55 Å². The maximum absolute atomic E-state index is 13.0. The fourth-order valence-electron chi connectivity index (χ4n) is 2.70. The van der Waals surface area contributed by atoms with Crippen molar-refractivity contribution < 1.29 is 9.53 Å². The van der Waals surface area contributed by atoms with Gasteiger partial charge in [-0.15, -0.1) is 0 Å². The van der Waals surface area contributed by atoms with Gasteiger partial charge in [-0.1, -0.05) is 52.6 Å². The zero-order valence-electron chi connectivity index (χ0n) is 16.1. The average molecular weight is 487 g/mol. The number of anilines is 1. The molecule has 10 heteroatoms. The number of nitrogens with one attached hydrogen (secondary N) is 1. The van der Waals surface area contributed by atoms with E-state index in [1.54, 1.807) is 50.4 Å². The molecule has 1 amide bonds. The summed E-state index contributed by atoms with van der Waals surface area (Å²) < 4.78 is 6.61. The van der Waals surface area contributed by atoms with Crippen molar-refractivity contribution >= 4 is 69.1 Å². The first-order chi connectivity index (χ1) is 14.3. The van der Waals surface area contributed by atoms with Gasteiger partial charge in [0.25, 0.3) is 5.56 Å². The van der Waals surface area contributed by atoms with Crippen LogP contribution >= 0.6 is 46.6 Å². The van der Waals surface area contributed by atoms with Crippen LogP contribution in [-0.2, 0) is 16.1 Å². The van der Waals surface area contributed by atoms with Gasteiger partial charge >= 0.3 is 0 Å². The Bertz CT molecular complexity index is 1130. The first-order valence-electron chi connectivity index (χ1n) is 8.92. The van der Waals surface area contributed by atoms with Crippen molar-refractivity contribution in [2.75, 3.05) is 19.0 Å². The van der Waals surface area contributed by atoms with E-state index < -0.39 is 5.25 Å². The van der Waals surface area contributed by atoms with Crippen LogP contribution in [0.1, 0.15) is 6.92 Å². The van der Waals surface area contributed by atoms with Gasteiger partial charge in [-0.25, -0.2) is 4.98 Å². The SMILES string of the molecule is COCCn1c(SC(C)C(=O)Nc2c(Cl)cccc2Cl)nc2cc(Cl)ccc2c1=O. The van der Waals surface area contributed by atoms with E-state index in [0.717, 1.165) is 11.8 Å². The number of ether oxygens (including phenoxy) is 1. The molecule has 0 saturated heterocycles. The highest BCUT2D eigenvalue weighted by molar-refractivity contribution is 8.00. The molecule has 2 aromatic carbocycles. The molecule has 3 aromatic rings. The molecular formula is C20H18Cl3N3O3S. The van der Waals surface area contributed by atoms with Gasteiger partial charge in [-0.2, -0.15) is 0 Å². The predicted molar refractivity (Wildman–Crippen MR) is 123 cm³/mol. The van der Waals surface area contributed by atoms with Gasteiger partial charge in [-0.3, -0.25) is 14.2 Å². The number of thioether (sulfide) groups is 1. The van der Waals surface area contributed by atoms with Crippen LogP contribution in [0.5, 0.6) is 0 Å². The zero-order valence-corrected chi connectivity index (χ0v) is 19.2. The van der Waals surface area contributed by atoms with Crippen molar-refractivity contribution in [1.29, 1.82) is 0 Å². The van der Waals surface area contributed by atoms with Crippen molar-refractivity contribution in [3.63, 3.8) is 0 Å². The smallest absolute Gasteiger partial charge is 0.262 e. The van der Waals surface area contributed by atoms with Gasteiger partial charge in [0.05, 0.1) is 45.0 Å². The van der Waals surface area contributed by atoms with Crippen LogP contribution in [0.2, 0.25) is 15.1 Å². The van der Waals surface area contributed by atoms with Crippen LogP contribution in [0.4, 0.5) is 5.69 Å². The lowest BCUT2D eigenvalue weighted by atomic mass is 10.2. The molecule has 158 valence electrons. The number of carbonyl (C=O) groups is 1. The van der Waals surface area contributed by atoms with Crippen LogP contribution < -0.4 is 10.9 Å². The fourth-order valence-corrected chi connectivity index (χ4v) is 4.29. The molecule has 0 aliphatic rings. The third-order valence-corrected chi connectivity index (χ3v) is 6.22. The summed E-state index contributed by atoms with van der Waals surface area (Å²) in [6.45, 7) is 2.33. The first kappa shape index (κ1) is 22.9. The minimum atomic E-state index is -0.588. The van der Waals surface area contributed by atoms with Gasteiger partial charge in [0.2, 0.25) is 5.91 Å². The highest BCUT2D eigenvalue weighted by Gasteiger charge is 2.21. The Morgan fingerprint density at radius 2 is 1.93 bits per heavy atom. The third-order valence-electron chi connectivity index (χ3n) is 4.26. The number of carbonyl (C=O) groups excluding carboxylic acids is 1. The Morgan fingerprint density at radius 1 is 1.23 bits per heavy atom. The van der Waals surface area contributed by atoms with Crippen molar-refractivity contribution in [2.45, 2.75) is 23.9 Å². The van der Waals surface area contributed by atoms with Gasteiger partial charge < -0.3 is 10.1 Å². The Labute approximate surface area is 192 Å². The number of para-hydroxylation sites is 1. The van der Waals surface area contributed by atoms with E-state index in [-0.39, 0.29) is 11.5 Å². The Balaban J connectivity index is 1.92. The molecule has 6 nitrogen and oxygen atoms in total. The number of benzene rings is 2. The summed E-state index contributed by atoms with van der Waals surface area (Å²) in [7, 11) is 1.55. The summed E-state index contributed by atoms with van der Waals surface area (Å²) in [5, 5.41) is 4.13. The second-order valence-corrected chi connectivity index (χ2v) is 8.91. The molecule has 0 aliphatic heterocycles. The molecular weight excluding hydrogens is 469 g/mol. The fraction of sp³-hybridized carbons (Fsp3) is 0.250. The van der Waals surface area contributed by atoms with Crippen molar-refractivity contribution in [3.8, 4) is 0 Å². The third kappa shape index (κ3) is 5.10. The van der Waals surface area contributed by atoms with Crippen LogP contribution in [0.3, 0.4) is 0 Å². The summed E-state index contributed by atoms with van der Waals surface area (Å²) in [4.78, 5) is 30.3. The highest BCUT2D eigenvalue weighted by atomic mass is 35.5. The van der Waals surface area contributed by atoms with E-state index >= 15 is 0 Å². The van der Waals surface area contributed by atoms with E-state index in [0.29, 0.717) is 50.0 Å². The van der Waals surface area contributed by atoms with Gasteiger partial charge in [0.15, 0.2) is 5.16 Å². The Morgan fingerprint density at radius 3 is 2.60 bits per heavy atom. The minimum absolute atomic E-state index is 0.224. The van der Waals surface area contributed by atoms with E-state index in [2.05, 4.69) is 10.3 Å². The molecule has 0 fully saturated rings. The highest BCUT2D eigenvalue weighted by Crippen LogP contribution is 2.31. The van der Waals surface area contributed by atoms with Crippen molar-refractivity contribution in [2.24, 2.45) is 0 Å². The number of rotatable bonds is 7. The summed E-state index contributed by atoms with van der Waals surface area (Å²) in [5.41, 5.74) is 0.580. The lowest BCUT2D eigenvalue weighted by Gasteiger charge is -2.17. The number of fused-ring (bicyclic) bond motifs is 1. The number of halogens is 3. The summed E-state index contributed by atoms with van der Waals surface area (Å²) in [6, 6.07) is 9.87. The van der Waals surface area contributed by atoms with Crippen LogP contribution in [-0.4, -0.2) is 34.4 Å². The van der Waals surface area contributed by atoms with E-state index in [1.165, 1.54) is 4.57 Å². The Kier molecular flexibility index (Phi) is 7.65. The first-order valence-corrected chi connectivity index (χ1v) is 10.9. The average Bonchev–Trinajstić information content (AvgIpc) is 2.70. The van der Waals surface area contributed by atoms with E-state index in [4.69, 9.17) is 39.5 Å². The lowest BCUT2D eigenvalue weighted by Crippen LogP contribution is -2.28. The number of amides is 1. The predicted octanol–water partition coefficient (Wildman–Crippen LogP) is 5.12. The molecule has 3 rings (SSSR count). The van der Waals surface area contributed by atoms with Crippen molar-refractivity contribution in [3.05, 3.63) is 61.8 Å². The molecule has 0 radical (unpaired) electrons. The number of nitrogens with zero attached hydrogens (tertiary/aromatic N) is 2. The largest absolute Gasteiger partial charge is 0.383 e. The second kappa shape index (κ2) is 10.0. The Hall–Kier alpha value is -1.77. The van der Waals surface area contributed by atoms with E-state index in [1.807, 2.05) is 0 Å². The number of hydrogen-bond acceptors (Lipinski definition) is 5. The molecule has 0 saturated carbocycles. The molecule has 1 N–H and O–H groups in total. The molecule has 1 aromatic heterocycles. The van der Waals surface area contributed by atoms with Crippen LogP contribution in [0.25, 0.3) is 10.9 Å². The minimum Gasteiger partial charge on any atom is -0.383 e. The molecule has 1 heterocycles. The lowest BCUT2D eigenvalue weighted by molar-refractivity contribution is -0.115.